The van der Waals surface area contributed by atoms with E-state index in [2.05, 4.69) is 0 Å². The van der Waals surface area contributed by atoms with Gasteiger partial charge < -0.3 is 10.0 Å². The summed E-state index contributed by atoms with van der Waals surface area (Å²) in [5.41, 5.74) is -3.32. The molecule has 0 unspecified atom stereocenters. The van der Waals surface area contributed by atoms with E-state index in [0.717, 1.165) is 11.9 Å². The molecule has 0 aliphatic carbocycles. The predicted molar refractivity (Wildman–Crippen MR) is 95.4 cm³/mol. The van der Waals surface area contributed by atoms with E-state index in [0.29, 0.717) is 5.56 Å². The van der Waals surface area contributed by atoms with E-state index >= 15 is 0 Å². The van der Waals surface area contributed by atoms with E-state index < -0.39 is 35.7 Å². The van der Waals surface area contributed by atoms with Gasteiger partial charge in [0.05, 0.1) is 6.04 Å². The topological polar surface area (TPSA) is 60.9 Å². The molecule has 3 rings (SSSR count). The van der Waals surface area contributed by atoms with Crippen molar-refractivity contribution in [1.82, 2.24) is 9.80 Å². The number of benzene rings is 2. The zero-order valence-electron chi connectivity index (χ0n) is 15.2. The molecule has 28 heavy (non-hydrogen) atoms. The van der Waals surface area contributed by atoms with Crippen LogP contribution in [-0.4, -0.2) is 52.7 Å². The van der Waals surface area contributed by atoms with Crippen molar-refractivity contribution in [3.05, 3.63) is 71.8 Å². The zero-order valence-corrected chi connectivity index (χ0v) is 15.2. The van der Waals surface area contributed by atoms with Gasteiger partial charge in [-0.2, -0.15) is 13.2 Å². The second kappa shape index (κ2) is 6.94. The van der Waals surface area contributed by atoms with Crippen LogP contribution >= 0.6 is 0 Å². The molecule has 0 saturated carbocycles. The minimum atomic E-state index is -5.25. The van der Waals surface area contributed by atoms with Crippen LogP contribution in [0.4, 0.5) is 18.0 Å². The van der Waals surface area contributed by atoms with Crippen LogP contribution in [0, 0.1) is 5.92 Å². The van der Waals surface area contributed by atoms with Gasteiger partial charge in [-0.15, -0.1) is 0 Å². The molecule has 1 heterocycles. The van der Waals surface area contributed by atoms with Crippen molar-refractivity contribution in [1.29, 1.82) is 0 Å². The average molecular weight is 392 g/mol. The van der Waals surface area contributed by atoms with Crippen molar-refractivity contribution in [2.24, 2.45) is 5.92 Å². The number of ketones is 1. The van der Waals surface area contributed by atoms with E-state index in [1.807, 2.05) is 0 Å². The average Bonchev–Trinajstić information content (AvgIpc) is 2.69. The molecule has 5 nitrogen and oxygen atoms in total. The van der Waals surface area contributed by atoms with E-state index in [1.54, 1.807) is 24.3 Å². The lowest BCUT2D eigenvalue weighted by atomic mass is 9.76. The highest BCUT2D eigenvalue weighted by Gasteiger charge is 2.70. The molecule has 1 aliphatic rings. The van der Waals surface area contributed by atoms with Crippen LogP contribution in [-0.2, 0) is 0 Å². The van der Waals surface area contributed by atoms with Crippen LogP contribution in [0.5, 0.6) is 0 Å². The summed E-state index contributed by atoms with van der Waals surface area (Å²) >= 11 is 0. The highest BCUT2D eigenvalue weighted by Crippen LogP contribution is 2.50. The summed E-state index contributed by atoms with van der Waals surface area (Å²) in [6.07, 6.45) is -5.25. The van der Waals surface area contributed by atoms with E-state index in [1.165, 1.54) is 43.4 Å². The summed E-state index contributed by atoms with van der Waals surface area (Å²) in [6.45, 7) is 0. The number of amides is 2. The molecule has 1 aliphatic heterocycles. The number of rotatable bonds is 3. The number of urea groups is 1. The van der Waals surface area contributed by atoms with Gasteiger partial charge in [-0.25, -0.2) is 4.79 Å². The minimum Gasteiger partial charge on any atom is -0.363 e. The van der Waals surface area contributed by atoms with Crippen LogP contribution in [0.25, 0.3) is 0 Å². The quantitative estimate of drug-likeness (QED) is 0.814. The highest BCUT2D eigenvalue weighted by atomic mass is 19.4. The van der Waals surface area contributed by atoms with Gasteiger partial charge in [0.2, 0.25) is 0 Å². The maximum absolute atomic E-state index is 14.1. The fourth-order valence-corrected chi connectivity index (χ4v) is 3.69. The molecule has 0 spiro atoms. The summed E-state index contributed by atoms with van der Waals surface area (Å²) < 4.78 is 42.2. The van der Waals surface area contributed by atoms with Crippen molar-refractivity contribution < 1.29 is 27.9 Å². The minimum absolute atomic E-state index is 0.0206. The third-order valence-electron chi connectivity index (χ3n) is 5.17. The molecule has 2 aromatic rings. The van der Waals surface area contributed by atoms with Gasteiger partial charge in [-0.05, 0) is 5.56 Å². The molecule has 0 radical (unpaired) electrons. The van der Waals surface area contributed by atoms with Crippen molar-refractivity contribution in [2.75, 3.05) is 14.1 Å². The first-order valence-electron chi connectivity index (χ1n) is 8.54. The molecule has 0 aromatic heterocycles. The molecule has 1 saturated heterocycles. The Bertz CT molecular complexity index is 873. The number of hydrogen-bond donors (Lipinski definition) is 1. The van der Waals surface area contributed by atoms with Crippen LogP contribution in [0.2, 0.25) is 0 Å². The molecule has 1 fully saturated rings. The Morgan fingerprint density at radius 2 is 1.50 bits per heavy atom. The first-order valence-corrected chi connectivity index (χ1v) is 8.54. The number of halogens is 3. The third-order valence-corrected chi connectivity index (χ3v) is 5.17. The summed E-state index contributed by atoms with van der Waals surface area (Å²) in [5, 5.41) is 10.8. The first-order chi connectivity index (χ1) is 13.1. The lowest BCUT2D eigenvalue weighted by Crippen LogP contribution is -2.73. The Labute approximate surface area is 160 Å². The SMILES string of the molecule is CN1C(=O)N(C)[C@@](O)(C(F)(F)F)[C@@H](C(=O)c2ccccc2)[C@H]1c1ccccc1. The summed E-state index contributed by atoms with van der Waals surface area (Å²) in [7, 11) is 2.16. The van der Waals surface area contributed by atoms with Gasteiger partial charge >= 0.3 is 12.2 Å². The lowest BCUT2D eigenvalue weighted by molar-refractivity contribution is -0.328. The normalized spacial score (nSPS) is 25.7. The number of nitrogens with zero attached hydrogens (tertiary/aromatic N) is 2. The molecule has 0 bridgehead atoms. The number of carbonyl (C=O) groups is 2. The number of carbonyl (C=O) groups excluding carboxylic acids is 2. The summed E-state index contributed by atoms with van der Waals surface area (Å²) in [6, 6.07) is 13.0. The van der Waals surface area contributed by atoms with Crippen molar-refractivity contribution in [3.63, 3.8) is 0 Å². The zero-order chi connectivity index (χ0) is 20.7. The highest BCUT2D eigenvalue weighted by molar-refractivity contribution is 6.00. The van der Waals surface area contributed by atoms with Gasteiger partial charge in [-0.3, -0.25) is 9.69 Å². The number of Topliss-reactive ketones (excluding diaryl/α,β-unsaturated/α-hetero) is 1. The Morgan fingerprint density at radius 3 is 2.00 bits per heavy atom. The fourth-order valence-electron chi connectivity index (χ4n) is 3.69. The van der Waals surface area contributed by atoms with Crippen molar-refractivity contribution >= 4 is 11.8 Å². The number of hydrogen-bond acceptors (Lipinski definition) is 3. The molecule has 8 heteroatoms. The van der Waals surface area contributed by atoms with Crippen molar-refractivity contribution in [2.45, 2.75) is 17.9 Å². The maximum atomic E-state index is 14.1. The van der Waals surface area contributed by atoms with Gasteiger partial charge in [0, 0.05) is 19.7 Å². The molecular weight excluding hydrogens is 373 g/mol. The third kappa shape index (κ3) is 2.93. The molecular formula is C20H19F3N2O3. The van der Waals surface area contributed by atoms with Crippen LogP contribution in [0.1, 0.15) is 22.0 Å². The van der Waals surface area contributed by atoms with E-state index in [4.69, 9.17) is 0 Å². The predicted octanol–water partition coefficient (Wildman–Crippen LogP) is 3.47. The summed E-state index contributed by atoms with van der Waals surface area (Å²) in [5.74, 6) is -2.88. The molecule has 2 aromatic carbocycles. The van der Waals surface area contributed by atoms with Gasteiger partial charge in [-0.1, -0.05) is 60.7 Å². The van der Waals surface area contributed by atoms with Gasteiger partial charge in [0.25, 0.3) is 5.72 Å². The second-order valence-electron chi connectivity index (χ2n) is 6.74. The molecule has 148 valence electrons. The van der Waals surface area contributed by atoms with E-state index in [9.17, 15) is 27.9 Å². The Kier molecular flexibility index (Phi) is 4.93. The molecule has 2 amide bonds. The second-order valence-corrected chi connectivity index (χ2v) is 6.74. The Hall–Kier alpha value is -2.87. The standard InChI is InChI=1S/C20H19F3N2O3/c1-24-16(13-9-5-3-6-10-13)15(17(26)14-11-7-4-8-12-14)19(28,20(21,22)23)25(2)18(24)27/h3-12,15-16,28H,1-2H3/t15-,16-,19+/m1/s1. The Morgan fingerprint density at radius 1 is 1.00 bits per heavy atom. The number of alkyl halides is 3. The smallest absolute Gasteiger partial charge is 0.363 e. The molecule has 3 atom stereocenters. The largest absolute Gasteiger partial charge is 0.437 e. The maximum Gasteiger partial charge on any atom is 0.437 e. The van der Waals surface area contributed by atoms with Gasteiger partial charge in [0.1, 0.15) is 5.92 Å². The van der Waals surface area contributed by atoms with Gasteiger partial charge in [0.15, 0.2) is 5.78 Å². The molecule has 1 N–H and O–H groups in total. The monoisotopic (exact) mass is 392 g/mol. The van der Waals surface area contributed by atoms with Crippen LogP contribution < -0.4 is 0 Å². The Balaban J connectivity index is 2.26. The summed E-state index contributed by atoms with van der Waals surface area (Å²) in [4.78, 5) is 27.0. The van der Waals surface area contributed by atoms with Crippen LogP contribution in [0.15, 0.2) is 60.7 Å². The first kappa shape index (κ1) is 19.9. The van der Waals surface area contributed by atoms with Crippen molar-refractivity contribution in [3.8, 4) is 0 Å². The van der Waals surface area contributed by atoms with Crippen LogP contribution in [0.3, 0.4) is 0 Å². The van der Waals surface area contributed by atoms with E-state index in [-0.39, 0.29) is 10.5 Å². The fraction of sp³-hybridized carbons (Fsp3) is 0.300. The number of aliphatic hydroxyl groups is 1. The lowest BCUT2D eigenvalue weighted by Gasteiger charge is -2.53.